The third-order valence-electron chi connectivity index (χ3n) is 3.25. The maximum Gasteiger partial charge on any atom is 0.145 e. The third-order valence-corrected chi connectivity index (χ3v) is 3.25. The van der Waals surface area contributed by atoms with Gasteiger partial charge in [0.1, 0.15) is 5.78 Å². The number of hydrogen-bond acceptors (Lipinski definition) is 3. The molecule has 1 aliphatic heterocycles. The molecule has 14 heavy (non-hydrogen) atoms. The van der Waals surface area contributed by atoms with Crippen LogP contribution in [0, 0.1) is 11.3 Å². The number of ketones is 1. The van der Waals surface area contributed by atoms with Crippen LogP contribution in [-0.2, 0) is 9.53 Å². The predicted molar refractivity (Wildman–Crippen MR) is 56.0 cm³/mol. The summed E-state index contributed by atoms with van der Waals surface area (Å²) in [4.78, 5) is 12.1. The first-order valence-corrected chi connectivity index (χ1v) is 5.40. The average molecular weight is 199 g/mol. The van der Waals surface area contributed by atoms with E-state index in [1.54, 1.807) is 0 Å². The molecule has 1 saturated heterocycles. The van der Waals surface area contributed by atoms with Gasteiger partial charge in [0.05, 0.1) is 18.6 Å². The molecule has 0 radical (unpaired) electrons. The molecular formula is C11H21NO2. The lowest BCUT2D eigenvalue weighted by Gasteiger charge is -2.28. The van der Waals surface area contributed by atoms with Gasteiger partial charge in [-0.05, 0) is 13.3 Å². The molecule has 1 heterocycles. The highest BCUT2D eigenvalue weighted by molar-refractivity contribution is 5.87. The summed E-state index contributed by atoms with van der Waals surface area (Å²) in [7, 11) is 0. The van der Waals surface area contributed by atoms with E-state index in [0.29, 0.717) is 13.2 Å². The minimum atomic E-state index is -0.450. The fourth-order valence-electron chi connectivity index (χ4n) is 2.07. The highest BCUT2D eigenvalue weighted by Gasteiger charge is 2.45. The second-order valence-electron chi connectivity index (χ2n) is 4.59. The zero-order valence-electron chi connectivity index (χ0n) is 9.38. The van der Waals surface area contributed by atoms with Gasteiger partial charge in [-0.15, -0.1) is 0 Å². The number of rotatable bonds is 4. The standard InChI is InChI=1S/C11H21NO2/c1-4-5-8(2)10(13)11(3)7-14-6-9(11)12/h8-9H,4-7,12H2,1-3H3. The molecule has 0 aliphatic carbocycles. The average Bonchev–Trinajstić information content (AvgIpc) is 2.47. The molecule has 0 aromatic rings. The lowest BCUT2D eigenvalue weighted by molar-refractivity contribution is -0.132. The van der Waals surface area contributed by atoms with Crippen molar-refractivity contribution in [2.24, 2.45) is 17.1 Å². The first-order valence-electron chi connectivity index (χ1n) is 5.40. The van der Waals surface area contributed by atoms with Gasteiger partial charge in [0.2, 0.25) is 0 Å². The molecule has 1 rings (SSSR count). The monoisotopic (exact) mass is 199 g/mol. The maximum atomic E-state index is 12.1. The van der Waals surface area contributed by atoms with E-state index in [4.69, 9.17) is 10.5 Å². The van der Waals surface area contributed by atoms with Gasteiger partial charge < -0.3 is 10.5 Å². The molecule has 0 amide bonds. The van der Waals surface area contributed by atoms with Gasteiger partial charge >= 0.3 is 0 Å². The molecular weight excluding hydrogens is 178 g/mol. The minimum Gasteiger partial charge on any atom is -0.379 e. The van der Waals surface area contributed by atoms with Gasteiger partial charge in [-0.1, -0.05) is 20.3 Å². The van der Waals surface area contributed by atoms with E-state index in [2.05, 4.69) is 6.92 Å². The lowest BCUT2D eigenvalue weighted by atomic mass is 9.75. The number of hydrogen-bond donors (Lipinski definition) is 1. The summed E-state index contributed by atoms with van der Waals surface area (Å²) in [5.74, 6) is 0.377. The van der Waals surface area contributed by atoms with Crippen LogP contribution in [0.25, 0.3) is 0 Å². The Morgan fingerprint density at radius 3 is 2.79 bits per heavy atom. The number of ether oxygens (including phenoxy) is 1. The Kier molecular flexibility index (Phi) is 3.67. The van der Waals surface area contributed by atoms with Crippen molar-refractivity contribution < 1.29 is 9.53 Å². The van der Waals surface area contributed by atoms with Crippen molar-refractivity contribution in [1.29, 1.82) is 0 Å². The Balaban J connectivity index is 2.67. The molecule has 3 atom stereocenters. The molecule has 3 nitrogen and oxygen atoms in total. The Morgan fingerprint density at radius 1 is 1.71 bits per heavy atom. The fourth-order valence-corrected chi connectivity index (χ4v) is 2.07. The topological polar surface area (TPSA) is 52.3 Å². The molecule has 0 aromatic carbocycles. The van der Waals surface area contributed by atoms with Crippen molar-refractivity contribution in [3.05, 3.63) is 0 Å². The van der Waals surface area contributed by atoms with Crippen LogP contribution in [0.2, 0.25) is 0 Å². The van der Waals surface area contributed by atoms with Crippen LogP contribution in [-0.4, -0.2) is 25.0 Å². The molecule has 2 N–H and O–H groups in total. The highest BCUT2D eigenvalue weighted by atomic mass is 16.5. The van der Waals surface area contributed by atoms with Crippen LogP contribution in [0.5, 0.6) is 0 Å². The van der Waals surface area contributed by atoms with Gasteiger partial charge in [0, 0.05) is 12.0 Å². The second kappa shape index (κ2) is 4.41. The van der Waals surface area contributed by atoms with Crippen molar-refractivity contribution in [1.82, 2.24) is 0 Å². The summed E-state index contributed by atoms with van der Waals surface area (Å²) < 4.78 is 5.28. The molecule has 0 saturated carbocycles. The number of carbonyl (C=O) groups is 1. The molecule has 82 valence electrons. The smallest absolute Gasteiger partial charge is 0.145 e. The van der Waals surface area contributed by atoms with Crippen LogP contribution >= 0.6 is 0 Å². The van der Waals surface area contributed by atoms with E-state index in [9.17, 15) is 4.79 Å². The van der Waals surface area contributed by atoms with E-state index >= 15 is 0 Å². The summed E-state index contributed by atoms with van der Waals surface area (Å²) in [6.07, 6.45) is 1.99. The lowest BCUT2D eigenvalue weighted by Crippen LogP contribution is -2.46. The molecule has 0 aromatic heterocycles. The van der Waals surface area contributed by atoms with Crippen LogP contribution < -0.4 is 5.73 Å². The van der Waals surface area contributed by atoms with Crippen LogP contribution in [0.4, 0.5) is 0 Å². The van der Waals surface area contributed by atoms with Gasteiger partial charge in [-0.25, -0.2) is 0 Å². The predicted octanol–water partition coefficient (Wildman–Crippen LogP) is 1.36. The normalized spacial score (nSPS) is 34.4. The Bertz CT molecular complexity index is 217. The van der Waals surface area contributed by atoms with Crippen molar-refractivity contribution in [2.75, 3.05) is 13.2 Å². The summed E-state index contributed by atoms with van der Waals surface area (Å²) in [6, 6.07) is -0.130. The minimum absolute atomic E-state index is 0.109. The zero-order valence-corrected chi connectivity index (χ0v) is 9.38. The van der Waals surface area contributed by atoms with E-state index in [0.717, 1.165) is 12.8 Å². The van der Waals surface area contributed by atoms with E-state index in [1.807, 2.05) is 13.8 Å². The SMILES string of the molecule is CCCC(C)C(=O)C1(C)COCC1N. The Labute approximate surface area is 86.0 Å². The van der Waals surface area contributed by atoms with Gasteiger partial charge in [0.15, 0.2) is 0 Å². The molecule has 1 aliphatic rings. The molecule has 0 spiro atoms. The number of carbonyl (C=O) groups excluding carboxylic acids is 1. The first-order chi connectivity index (χ1) is 6.52. The van der Waals surface area contributed by atoms with Gasteiger partial charge in [-0.2, -0.15) is 0 Å². The number of Topliss-reactive ketones (excluding diaryl/α,β-unsaturated/α-hetero) is 1. The first kappa shape index (κ1) is 11.7. The maximum absolute atomic E-state index is 12.1. The van der Waals surface area contributed by atoms with Gasteiger partial charge in [-0.3, -0.25) is 4.79 Å². The molecule has 3 unspecified atom stereocenters. The quantitative estimate of drug-likeness (QED) is 0.743. The van der Waals surface area contributed by atoms with E-state index in [1.165, 1.54) is 0 Å². The van der Waals surface area contributed by atoms with Crippen molar-refractivity contribution >= 4 is 5.78 Å². The molecule has 0 bridgehead atoms. The van der Waals surface area contributed by atoms with Gasteiger partial charge in [0.25, 0.3) is 0 Å². The molecule has 1 fully saturated rings. The Morgan fingerprint density at radius 2 is 2.36 bits per heavy atom. The number of nitrogens with two attached hydrogens (primary N) is 1. The fraction of sp³-hybridized carbons (Fsp3) is 0.909. The summed E-state index contributed by atoms with van der Waals surface area (Å²) >= 11 is 0. The van der Waals surface area contributed by atoms with Crippen molar-refractivity contribution in [3.8, 4) is 0 Å². The summed E-state index contributed by atoms with van der Waals surface area (Å²) in [5, 5.41) is 0. The van der Waals surface area contributed by atoms with E-state index in [-0.39, 0.29) is 17.7 Å². The summed E-state index contributed by atoms with van der Waals surface area (Å²) in [6.45, 7) is 7.01. The van der Waals surface area contributed by atoms with Crippen molar-refractivity contribution in [2.45, 2.75) is 39.7 Å². The van der Waals surface area contributed by atoms with E-state index < -0.39 is 5.41 Å². The van der Waals surface area contributed by atoms with Crippen molar-refractivity contribution in [3.63, 3.8) is 0 Å². The largest absolute Gasteiger partial charge is 0.379 e. The zero-order chi connectivity index (χ0) is 10.8. The molecule has 3 heteroatoms. The van der Waals surface area contributed by atoms with Crippen LogP contribution in [0.3, 0.4) is 0 Å². The third kappa shape index (κ3) is 1.98. The van der Waals surface area contributed by atoms with Crippen LogP contribution in [0.1, 0.15) is 33.6 Å². The second-order valence-corrected chi connectivity index (χ2v) is 4.59. The Hall–Kier alpha value is -0.410. The summed E-state index contributed by atoms with van der Waals surface area (Å²) in [5.41, 5.74) is 5.45. The highest BCUT2D eigenvalue weighted by Crippen LogP contribution is 2.32. The van der Waals surface area contributed by atoms with Crippen LogP contribution in [0.15, 0.2) is 0 Å².